The van der Waals surface area contributed by atoms with E-state index in [0.29, 0.717) is 6.04 Å². The van der Waals surface area contributed by atoms with Gasteiger partial charge in [0.2, 0.25) is 0 Å². The summed E-state index contributed by atoms with van der Waals surface area (Å²) in [4.78, 5) is 1.17. The molecule has 0 radical (unpaired) electrons. The first-order valence-corrected chi connectivity index (χ1v) is 7.65. The van der Waals surface area contributed by atoms with Crippen molar-refractivity contribution in [3.63, 3.8) is 0 Å². The highest BCUT2D eigenvalue weighted by molar-refractivity contribution is 7.16. The number of nitrogens with one attached hydrogen (secondary N) is 1. The number of thiophene rings is 1. The Labute approximate surface area is 121 Å². The topological polar surface area (TPSA) is 34.4 Å². The summed E-state index contributed by atoms with van der Waals surface area (Å²) >= 11 is 7.63. The van der Waals surface area contributed by atoms with Crippen LogP contribution in [-0.2, 0) is 4.74 Å². The van der Waals surface area contributed by atoms with Crippen LogP contribution in [0.1, 0.15) is 29.5 Å². The minimum absolute atomic E-state index is 0.0548. The van der Waals surface area contributed by atoms with Crippen molar-refractivity contribution in [2.75, 3.05) is 13.2 Å². The molecule has 19 heavy (non-hydrogen) atoms. The van der Waals surface area contributed by atoms with Gasteiger partial charge in [-0.15, -0.1) is 11.3 Å². The highest BCUT2D eigenvalue weighted by Crippen LogP contribution is 2.32. The molecule has 0 bridgehead atoms. The van der Waals surface area contributed by atoms with Crippen LogP contribution in [0.4, 0.5) is 0 Å². The maximum Gasteiger partial charge on any atom is 0.126 e. The summed E-state index contributed by atoms with van der Waals surface area (Å²) in [6.45, 7) is 1.63. The summed E-state index contributed by atoms with van der Waals surface area (Å²) in [5.74, 6) is 0.920. The Hall–Kier alpha value is -0.810. The van der Waals surface area contributed by atoms with Crippen LogP contribution in [0.2, 0.25) is 4.34 Å². The van der Waals surface area contributed by atoms with Crippen molar-refractivity contribution >= 4 is 22.9 Å². The number of rotatable bonds is 4. The Morgan fingerprint density at radius 1 is 1.37 bits per heavy atom. The smallest absolute Gasteiger partial charge is 0.126 e. The molecule has 3 nitrogen and oxygen atoms in total. The quantitative estimate of drug-likeness (QED) is 0.931. The maximum absolute atomic E-state index is 6.04. The lowest BCUT2D eigenvalue weighted by molar-refractivity contribution is 0.0672. The predicted octanol–water partition coefficient (Wildman–Crippen LogP) is 3.85. The van der Waals surface area contributed by atoms with Gasteiger partial charge in [0.15, 0.2) is 0 Å². The number of ether oxygens (including phenoxy) is 1. The molecule has 0 amide bonds. The molecular formula is C14H16ClNO2S. The first kappa shape index (κ1) is 13.2. The van der Waals surface area contributed by atoms with E-state index in [1.165, 1.54) is 4.88 Å². The molecule has 3 heterocycles. The van der Waals surface area contributed by atoms with E-state index in [-0.39, 0.29) is 6.04 Å². The first-order valence-electron chi connectivity index (χ1n) is 6.45. The molecule has 2 unspecified atom stereocenters. The highest BCUT2D eigenvalue weighted by atomic mass is 35.5. The van der Waals surface area contributed by atoms with E-state index in [9.17, 15) is 0 Å². The van der Waals surface area contributed by atoms with E-state index in [4.69, 9.17) is 20.8 Å². The molecule has 0 aliphatic carbocycles. The van der Waals surface area contributed by atoms with Gasteiger partial charge in [-0.05, 0) is 37.1 Å². The van der Waals surface area contributed by atoms with Crippen LogP contribution in [0.25, 0.3) is 0 Å². The van der Waals surface area contributed by atoms with Crippen molar-refractivity contribution in [1.82, 2.24) is 5.32 Å². The van der Waals surface area contributed by atoms with Crippen LogP contribution in [0.3, 0.4) is 0 Å². The lowest BCUT2D eigenvalue weighted by Crippen LogP contribution is -2.39. The zero-order valence-electron chi connectivity index (χ0n) is 10.5. The van der Waals surface area contributed by atoms with Crippen molar-refractivity contribution in [2.45, 2.75) is 24.9 Å². The Balaban J connectivity index is 1.80. The zero-order chi connectivity index (χ0) is 13.1. The van der Waals surface area contributed by atoms with Gasteiger partial charge in [-0.3, -0.25) is 5.32 Å². The molecule has 1 aliphatic rings. The second kappa shape index (κ2) is 6.09. The first-order chi connectivity index (χ1) is 9.33. The fourth-order valence-corrected chi connectivity index (χ4v) is 3.48. The molecule has 102 valence electrons. The summed E-state index contributed by atoms with van der Waals surface area (Å²) in [6.07, 6.45) is 3.95. The van der Waals surface area contributed by atoms with Crippen molar-refractivity contribution < 1.29 is 9.15 Å². The minimum Gasteiger partial charge on any atom is -0.467 e. The van der Waals surface area contributed by atoms with E-state index in [1.807, 2.05) is 18.2 Å². The van der Waals surface area contributed by atoms with Crippen molar-refractivity contribution in [3.8, 4) is 0 Å². The van der Waals surface area contributed by atoms with Gasteiger partial charge < -0.3 is 9.15 Å². The van der Waals surface area contributed by atoms with Crippen LogP contribution < -0.4 is 5.32 Å². The second-order valence-corrected chi connectivity index (χ2v) is 6.42. The standard InChI is InChI=1S/C14H16ClNO2S/c15-13-6-5-12(19-13)14(11-4-2-8-18-11)16-10-3-1-7-17-9-10/h2,4-6,8,10,14,16H,1,3,7,9H2. The van der Waals surface area contributed by atoms with Crippen molar-refractivity contribution in [2.24, 2.45) is 0 Å². The average molecular weight is 298 g/mol. The third-order valence-corrected chi connectivity index (χ3v) is 4.56. The van der Waals surface area contributed by atoms with E-state index in [0.717, 1.165) is 36.2 Å². The summed E-state index contributed by atoms with van der Waals surface area (Å²) in [6, 6.07) is 8.31. The molecule has 1 fully saturated rings. The summed E-state index contributed by atoms with van der Waals surface area (Å²) in [5.41, 5.74) is 0. The number of halogens is 1. The number of hydrogen-bond acceptors (Lipinski definition) is 4. The fourth-order valence-electron chi connectivity index (χ4n) is 2.35. The molecule has 1 N–H and O–H groups in total. The predicted molar refractivity (Wildman–Crippen MR) is 76.9 cm³/mol. The van der Waals surface area contributed by atoms with Gasteiger partial charge in [-0.1, -0.05) is 11.6 Å². The molecule has 1 saturated heterocycles. The highest BCUT2D eigenvalue weighted by Gasteiger charge is 2.23. The monoisotopic (exact) mass is 297 g/mol. The van der Waals surface area contributed by atoms with E-state index < -0.39 is 0 Å². The SMILES string of the molecule is Clc1ccc(C(NC2CCCOC2)c2ccco2)s1. The third-order valence-electron chi connectivity index (χ3n) is 3.27. The molecule has 1 aliphatic heterocycles. The van der Waals surface area contributed by atoms with Crippen molar-refractivity contribution in [3.05, 3.63) is 45.5 Å². The molecule has 2 aromatic heterocycles. The van der Waals surface area contributed by atoms with E-state index in [2.05, 4.69) is 11.4 Å². The molecule has 0 saturated carbocycles. The summed E-state index contributed by atoms with van der Waals surface area (Å²) in [7, 11) is 0. The lowest BCUT2D eigenvalue weighted by Gasteiger charge is -2.27. The van der Waals surface area contributed by atoms with Crippen LogP contribution in [0, 0.1) is 0 Å². The van der Waals surface area contributed by atoms with E-state index >= 15 is 0 Å². The lowest BCUT2D eigenvalue weighted by atomic mass is 10.1. The third kappa shape index (κ3) is 3.20. The van der Waals surface area contributed by atoms with Gasteiger partial charge in [-0.2, -0.15) is 0 Å². The van der Waals surface area contributed by atoms with Gasteiger partial charge in [0.05, 0.1) is 17.2 Å². The van der Waals surface area contributed by atoms with Crippen LogP contribution >= 0.6 is 22.9 Å². The molecule has 0 aromatic carbocycles. The molecule has 5 heteroatoms. The molecular weight excluding hydrogens is 282 g/mol. The summed E-state index contributed by atoms with van der Waals surface area (Å²) < 4.78 is 11.9. The Kier molecular flexibility index (Phi) is 4.23. The molecule has 0 spiro atoms. The van der Waals surface area contributed by atoms with Crippen LogP contribution in [-0.4, -0.2) is 19.3 Å². The van der Waals surface area contributed by atoms with Crippen LogP contribution in [0.15, 0.2) is 34.9 Å². The van der Waals surface area contributed by atoms with Gasteiger partial charge in [0.1, 0.15) is 11.8 Å². The molecule has 2 aromatic rings. The molecule has 3 rings (SSSR count). The zero-order valence-corrected chi connectivity index (χ0v) is 12.0. The number of furan rings is 1. The summed E-state index contributed by atoms with van der Waals surface area (Å²) in [5, 5.41) is 3.62. The average Bonchev–Trinajstić information content (AvgIpc) is 3.09. The van der Waals surface area contributed by atoms with Crippen LogP contribution in [0.5, 0.6) is 0 Å². The van der Waals surface area contributed by atoms with Gasteiger partial charge in [0.25, 0.3) is 0 Å². The number of hydrogen-bond donors (Lipinski definition) is 1. The largest absolute Gasteiger partial charge is 0.467 e. The maximum atomic E-state index is 6.04. The van der Waals surface area contributed by atoms with Gasteiger partial charge in [0, 0.05) is 17.5 Å². The minimum atomic E-state index is 0.0548. The van der Waals surface area contributed by atoms with E-state index in [1.54, 1.807) is 17.6 Å². The Morgan fingerprint density at radius 2 is 2.32 bits per heavy atom. The second-order valence-electron chi connectivity index (χ2n) is 4.67. The van der Waals surface area contributed by atoms with Crippen molar-refractivity contribution in [1.29, 1.82) is 0 Å². The van der Waals surface area contributed by atoms with Gasteiger partial charge in [-0.25, -0.2) is 0 Å². The Morgan fingerprint density at radius 3 is 2.95 bits per heavy atom. The van der Waals surface area contributed by atoms with Gasteiger partial charge >= 0.3 is 0 Å². The normalized spacial score (nSPS) is 21.4. The fraction of sp³-hybridized carbons (Fsp3) is 0.429. The Bertz CT molecular complexity index is 505. The molecule has 2 atom stereocenters.